The Morgan fingerprint density at radius 2 is 1.33 bits per heavy atom. The highest BCUT2D eigenvalue weighted by Crippen LogP contribution is 2.45. The molecule has 0 aromatic heterocycles. The third-order valence-electron chi connectivity index (χ3n) is 6.32. The summed E-state index contributed by atoms with van der Waals surface area (Å²) in [5, 5.41) is 0. The van der Waals surface area contributed by atoms with Crippen molar-refractivity contribution in [2.24, 2.45) is 0 Å². The molecule has 1 saturated heterocycles. The van der Waals surface area contributed by atoms with Gasteiger partial charge < -0.3 is 4.74 Å². The van der Waals surface area contributed by atoms with Crippen LogP contribution in [0.4, 0.5) is 0 Å². The maximum Gasteiger partial charge on any atom is 0.120 e. The molecule has 0 saturated carbocycles. The van der Waals surface area contributed by atoms with Crippen molar-refractivity contribution in [2.75, 3.05) is 13.1 Å². The molecule has 166 valence electrons. The van der Waals surface area contributed by atoms with Gasteiger partial charge in [-0.1, -0.05) is 97.1 Å². The predicted molar refractivity (Wildman–Crippen MR) is 136 cm³/mol. The first kappa shape index (κ1) is 21.8. The number of benzene rings is 4. The van der Waals surface area contributed by atoms with Gasteiger partial charge in [0, 0.05) is 13.1 Å². The second-order valence-corrected chi connectivity index (χ2v) is 9.63. The molecule has 3 heteroatoms. The number of hydrogen-bond donors (Lipinski definition) is 0. The molecule has 5 rings (SSSR count). The number of nitrogens with zero attached hydrogens (tertiary/aromatic N) is 1. The van der Waals surface area contributed by atoms with Crippen molar-refractivity contribution < 1.29 is 4.74 Å². The number of halogens is 1. The summed E-state index contributed by atoms with van der Waals surface area (Å²) in [6.07, 6.45) is 0. The van der Waals surface area contributed by atoms with E-state index in [2.05, 4.69) is 103 Å². The monoisotopic (exact) mass is 453 g/mol. The predicted octanol–water partition coefficient (Wildman–Crippen LogP) is 7.11. The van der Waals surface area contributed by atoms with Gasteiger partial charge in [-0.15, -0.1) is 11.6 Å². The van der Waals surface area contributed by atoms with Crippen LogP contribution in [0, 0.1) is 6.92 Å². The summed E-state index contributed by atoms with van der Waals surface area (Å²) >= 11 is 7.21. The molecule has 0 aliphatic carbocycles. The molecule has 0 N–H and O–H groups in total. The van der Waals surface area contributed by atoms with E-state index in [1.165, 1.54) is 11.1 Å². The number of hydrogen-bond acceptors (Lipinski definition) is 2. The van der Waals surface area contributed by atoms with Gasteiger partial charge in [0.05, 0.1) is 10.9 Å². The summed E-state index contributed by atoms with van der Waals surface area (Å²) in [7, 11) is 0. The van der Waals surface area contributed by atoms with Gasteiger partial charge in [-0.05, 0) is 46.9 Å². The highest BCUT2D eigenvalue weighted by atomic mass is 35.5. The van der Waals surface area contributed by atoms with E-state index in [0.717, 1.165) is 35.5 Å². The fourth-order valence-electron chi connectivity index (χ4n) is 4.68. The number of likely N-dealkylation sites (tertiary alicyclic amines) is 1. The van der Waals surface area contributed by atoms with E-state index < -0.39 is 4.87 Å². The van der Waals surface area contributed by atoms with Gasteiger partial charge in [0.25, 0.3) is 0 Å². The van der Waals surface area contributed by atoms with Crippen LogP contribution in [0.1, 0.15) is 33.9 Å². The van der Waals surface area contributed by atoms with Gasteiger partial charge in [0.1, 0.15) is 12.4 Å². The lowest BCUT2D eigenvalue weighted by molar-refractivity contribution is 0.0866. The molecule has 1 fully saturated rings. The van der Waals surface area contributed by atoms with Crippen molar-refractivity contribution in [3.05, 3.63) is 137 Å². The van der Waals surface area contributed by atoms with Gasteiger partial charge >= 0.3 is 0 Å². The Balaban J connectivity index is 1.35. The normalized spacial score (nSPS) is 15.2. The van der Waals surface area contributed by atoms with Gasteiger partial charge in [0.2, 0.25) is 0 Å². The molecule has 2 nitrogen and oxygen atoms in total. The van der Waals surface area contributed by atoms with Crippen LogP contribution < -0.4 is 4.74 Å². The Bertz CT molecular complexity index is 1150. The van der Waals surface area contributed by atoms with E-state index in [1.807, 2.05) is 18.2 Å². The molecule has 0 spiro atoms. The first-order valence-electron chi connectivity index (χ1n) is 11.4. The maximum absolute atomic E-state index is 7.21. The van der Waals surface area contributed by atoms with E-state index in [1.54, 1.807) is 0 Å². The van der Waals surface area contributed by atoms with Crippen LogP contribution in [-0.4, -0.2) is 18.0 Å². The number of aryl methyl sites for hydroxylation is 1. The summed E-state index contributed by atoms with van der Waals surface area (Å²) in [6, 6.07) is 38.2. The SMILES string of the molecule is Cc1cc(OCc2ccccc2)cc(C2(Cl)CN(C(c3ccccc3)c3ccccc3)C2)c1. The van der Waals surface area contributed by atoms with E-state index >= 15 is 0 Å². The quantitative estimate of drug-likeness (QED) is 0.276. The topological polar surface area (TPSA) is 12.5 Å². The first-order chi connectivity index (χ1) is 16.1. The Morgan fingerprint density at radius 3 is 1.91 bits per heavy atom. The van der Waals surface area contributed by atoms with E-state index in [9.17, 15) is 0 Å². The Kier molecular flexibility index (Phi) is 6.22. The summed E-state index contributed by atoms with van der Waals surface area (Å²) in [6.45, 7) is 4.22. The smallest absolute Gasteiger partial charge is 0.120 e. The number of alkyl halides is 1. The summed E-state index contributed by atoms with van der Waals surface area (Å²) in [5.41, 5.74) is 6.03. The molecule has 0 amide bonds. The zero-order valence-electron chi connectivity index (χ0n) is 18.8. The molecule has 1 heterocycles. The summed E-state index contributed by atoms with van der Waals surface area (Å²) in [5.74, 6) is 0.870. The summed E-state index contributed by atoms with van der Waals surface area (Å²) < 4.78 is 6.12. The van der Waals surface area contributed by atoms with Crippen LogP contribution >= 0.6 is 11.6 Å². The lowest BCUT2D eigenvalue weighted by Gasteiger charge is -2.50. The fraction of sp³-hybridized carbons (Fsp3) is 0.200. The minimum absolute atomic E-state index is 0.192. The van der Waals surface area contributed by atoms with Crippen LogP contribution in [0.2, 0.25) is 0 Å². The van der Waals surface area contributed by atoms with Crippen LogP contribution in [0.15, 0.2) is 109 Å². The largest absolute Gasteiger partial charge is 0.489 e. The summed E-state index contributed by atoms with van der Waals surface area (Å²) in [4.78, 5) is 2.04. The van der Waals surface area contributed by atoms with Crippen LogP contribution in [-0.2, 0) is 11.5 Å². The lowest BCUT2D eigenvalue weighted by Crippen LogP contribution is -2.57. The fourth-order valence-corrected chi connectivity index (χ4v) is 5.09. The lowest BCUT2D eigenvalue weighted by atomic mass is 9.85. The molecule has 0 unspecified atom stereocenters. The maximum atomic E-state index is 7.21. The number of ether oxygens (including phenoxy) is 1. The van der Waals surface area contributed by atoms with Crippen LogP contribution in [0.3, 0.4) is 0 Å². The third-order valence-corrected chi connectivity index (χ3v) is 6.78. The minimum atomic E-state index is -0.418. The average Bonchev–Trinajstić information content (AvgIpc) is 2.83. The van der Waals surface area contributed by atoms with Crippen molar-refractivity contribution >= 4 is 11.6 Å². The molecule has 1 aliphatic rings. The van der Waals surface area contributed by atoms with E-state index in [-0.39, 0.29) is 6.04 Å². The third kappa shape index (κ3) is 4.83. The Labute approximate surface area is 201 Å². The molecule has 4 aromatic rings. The van der Waals surface area contributed by atoms with Crippen LogP contribution in [0.5, 0.6) is 5.75 Å². The van der Waals surface area contributed by atoms with Crippen LogP contribution in [0.25, 0.3) is 0 Å². The van der Waals surface area contributed by atoms with E-state index in [4.69, 9.17) is 16.3 Å². The first-order valence-corrected chi connectivity index (χ1v) is 11.8. The van der Waals surface area contributed by atoms with Crippen molar-refractivity contribution in [3.63, 3.8) is 0 Å². The highest BCUT2D eigenvalue weighted by Gasteiger charge is 2.46. The van der Waals surface area contributed by atoms with Gasteiger partial charge in [-0.2, -0.15) is 0 Å². The average molecular weight is 454 g/mol. The molecular formula is C30H28ClNO. The molecule has 0 atom stereocenters. The van der Waals surface area contributed by atoms with Crippen molar-refractivity contribution in [1.29, 1.82) is 0 Å². The molecule has 1 aliphatic heterocycles. The van der Waals surface area contributed by atoms with Gasteiger partial charge in [-0.25, -0.2) is 0 Å². The van der Waals surface area contributed by atoms with Gasteiger partial charge in [0.15, 0.2) is 0 Å². The highest BCUT2D eigenvalue weighted by molar-refractivity contribution is 6.25. The van der Waals surface area contributed by atoms with Gasteiger partial charge in [-0.3, -0.25) is 4.90 Å². The van der Waals surface area contributed by atoms with Crippen molar-refractivity contribution in [3.8, 4) is 5.75 Å². The zero-order chi connectivity index (χ0) is 22.7. The molecule has 4 aromatic carbocycles. The Morgan fingerprint density at radius 1 is 0.788 bits per heavy atom. The zero-order valence-corrected chi connectivity index (χ0v) is 19.6. The standard InChI is InChI=1S/C30H28ClNO/c1-23-17-27(19-28(18-23)33-20-24-11-5-2-6-12-24)30(31)21-32(22-30)29(25-13-7-3-8-14-25)26-15-9-4-10-16-26/h2-19,29H,20-22H2,1H3. The molecule has 0 bridgehead atoms. The second-order valence-electron chi connectivity index (χ2n) is 8.90. The minimum Gasteiger partial charge on any atom is -0.489 e. The molecular weight excluding hydrogens is 426 g/mol. The molecule has 33 heavy (non-hydrogen) atoms. The Hall–Kier alpha value is -3.07. The molecule has 0 radical (unpaired) electrons. The van der Waals surface area contributed by atoms with Crippen molar-refractivity contribution in [1.82, 2.24) is 4.90 Å². The second kappa shape index (κ2) is 9.43. The van der Waals surface area contributed by atoms with E-state index in [0.29, 0.717) is 6.61 Å². The van der Waals surface area contributed by atoms with Crippen molar-refractivity contribution in [2.45, 2.75) is 24.4 Å². The number of rotatable bonds is 7.